The van der Waals surface area contributed by atoms with Crippen molar-refractivity contribution in [3.63, 3.8) is 0 Å². The first-order chi connectivity index (χ1) is 8.91. The number of benzene rings is 1. The van der Waals surface area contributed by atoms with Crippen molar-refractivity contribution in [1.82, 2.24) is 10.6 Å². The molecule has 1 rings (SSSR count). The van der Waals surface area contributed by atoms with Crippen LogP contribution in [0.2, 0.25) is 0 Å². The molecule has 0 saturated carbocycles. The van der Waals surface area contributed by atoms with Crippen molar-refractivity contribution in [3.8, 4) is 5.75 Å². The Morgan fingerprint density at radius 1 is 1.32 bits per heavy atom. The molecule has 0 spiro atoms. The fourth-order valence-corrected chi connectivity index (χ4v) is 1.36. The molecule has 7 nitrogen and oxygen atoms in total. The van der Waals surface area contributed by atoms with Gasteiger partial charge >= 0.3 is 6.09 Å². The minimum Gasteiger partial charge on any atom is -0.410 e. The van der Waals surface area contributed by atoms with Gasteiger partial charge in [-0.05, 0) is 24.6 Å². The van der Waals surface area contributed by atoms with Gasteiger partial charge in [0.15, 0.2) is 0 Å². The zero-order valence-corrected chi connectivity index (χ0v) is 10.6. The Morgan fingerprint density at radius 3 is 2.37 bits per heavy atom. The van der Waals surface area contributed by atoms with E-state index in [0.29, 0.717) is 11.3 Å². The summed E-state index contributed by atoms with van der Waals surface area (Å²) in [4.78, 5) is 32.9. The molecule has 0 saturated heterocycles. The Balaban J connectivity index is 2.88. The molecule has 1 aromatic rings. The number of ether oxygens (including phenoxy) is 1. The third-order valence-electron chi connectivity index (χ3n) is 2.53. The fraction of sp³-hybridized carbons (Fsp3) is 0.250. The summed E-state index contributed by atoms with van der Waals surface area (Å²) >= 11 is 0. The second-order valence-electron chi connectivity index (χ2n) is 3.96. The van der Waals surface area contributed by atoms with E-state index in [1.165, 1.54) is 26.1 Å². The van der Waals surface area contributed by atoms with Gasteiger partial charge in [0.25, 0.3) is 5.91 Å². The smallest absolute Gasteiger partial charge is 0.410 e. The number of hydrogen-bond acceptors (Lipinski definition) is 5. The monoisotopic (exact) mass is 265 g/mol. The molecule has 102 valence electrons. The van der Waals surface area contributed by atoms with E-state index in [-0.39, 0.29) is 6.41 Å². The molecule has 0 bridgehead atoms. The van der Waals surface area contributed by atoms with Gasteiger partial charge in [0.1, 0.15) is 11.3 Å². The summed E-state index contributed by atoms with van der Waals surface area (Å²) in [5, 5.41) is 4.30. The molecule has 0 fully saturated rings. The van der Waals surface area contributed by atoms with Gasteiger partial charge < -0.3 is 15.8 Å². The standard InChI is InChI=1S/C12H15N3O4/c1-12(13,10(17)15-7-16)8-3-5-9(6-4-8)19-11(18)14-2/h3-7H,13H2,1-2H3,(H,14,18)(H,15,16,17)/t12-/m0/s1. The number of carbonyl (C=O) groups excluding carboxylic acids is 3. The zero-order chi connectivity index (χ0) is 14.5. The van der Waals surface area contributed by atoms with Gasteiger partial charge in [-0.3, -0.25) is 14.9 Å². The Labute approximate surface area is 110 Å². The maximum atomic E-state index is 11.6. The second kappa shape index (κ2) is 5.96. The maximum absolute atomic E-state index is 11.6. The average molecular weight is 265 g/mol. The van der Waals surface area contributed by atoms with Gasteiger partial charge in [0, 0.05) is 7.05 Å². The van der Waals surface area contributed by atoms with Crippen molar-refractivity contribution in [2.75, 3.05) is 7.05 Å². The normalized spacial score (nSPS) is 13.0. The van der Waals surface area contributed by atoms with Crippen LogP contribution in [0.4, 0.5) is 4.79 Å². The first-order valence-corrected chi connectivity index (χ1v) is 5.45. The van der Waals surface area contributed by atoms with Crippen LogP contribution in [-0.2, 0) is 15.1 Å². The van der Waals surface area contributed by atoms with Crippen LogP contribution in [0.25, 0.3) is 0 Å². The lowest BCUT2D eigenvalue weighted by Crippen LogP contribution is -2.48. The summed E-state index contributed by atoms with van der Waals surface area (Å²) < 4.78 is 4.89. The molecule has 0 aliphatic heterocycles. The lowest BCUT2D eigenvalue weighted by molar-refractivity contribution is -0.129. The lowest BCUT2D eigenvalue weighted by atomic mass is 9.92. The van der Waals surface area contributed by atoms with Gasteiger partial charge in [-0.25, -0.2) is 4.79 Å². The van der Waals surface area contributed by atoms with Crippen molar-refractivity contribution >= 4 is 18.4 Å². The fourth-order valence-electron chi connectivity index (χ4n) is 1.36. The summed E-state index contributed by atoms with van der Waals surface area (Å²) in [5.74, 6) is -0.308. The van der Waals surface area contributed by atoms with E-state index in [9.17, 15) is 14.4 Å². The molecule has 0 unspecified atom stereocenters. The van der Waals surface area contributed by atoms with Crippen LogP contribution in [0, 0.1) is 0 Å². The van der Waals surface area contributed by atoms with Crippen LogP contribution in [-0.4, -0.2) is 25.5 Å². The van der Waals surface area contributed by atoms with Gasteiger partial charge in [-0.2, -0.15) is 0 Å². The summed E-state index contributed by atoms with van der Waals surface area (Å²) in [6.45, 7) is 1.47. The van der Waals surface area contributed by atoms with E-state index in [4.69, 9.17) is 10.5 Å². The molecule has 0 radical (unpaired) electrons. The predicted octanol–water partition coefficient (Wildman–Crippen LogP) is -0.149. The van der Waals surface area contributed by atoms with E-state index >= 15 is 0 Å². The Morgan fingerprint density at radius 2 is 1.89 bits per heavy atom. The molecule has 1 aromatic carbocycles. The van der Waals surface area contributed by atoms with E-state index in [1.807, 2.05) is 5.32 Å². The first-order valence-electron chi connectivity index (χ1n) is 5.45. The minimum absolute atomic E-state index is 0.274. The van der Waals surface area contributed by atoms with Gasteiger partial charge in [0.2, 0.25) is 6.41 Å². The van der Waals surface area contributed by atoms with E-state index in [0.717, 1.165) is 0 Å². The third kappa shape index (κ3) is 3.52. The van der Waals surface area contributed by atoms with Crippen molar-refractivity contribution in [1.29, 1.82) is 0 Å². The number of carbonyl (C=O) groups is 3. The summed E-state index contributed by atoms with van der Waals surface area (Å²) in [5.41, 5.74) is 4.98. The second-order valence-corrected chi connectivity index (χ2v) is 3.96. The molecule has 0 aromatic heterocycles. The van der Waals surface area contributed by atoms with Crippen molar-refractivity contribution in [3.05, 3.63) is 29.8 Å². The van der Waals surface area contributed by atoms with Crippen molar-refractivity contribution in [2.45, 2.75) is 12.5 Å². The molecule has 0 heterocycles. The average Bonchev–Trinajstić information content (AvgIpc) is 2.39. The molecule has 0 aliphatic rings. The number of rotatable bonds is 4. The molecule has 0 aliphatic carbocycles. The predicted molar refractivity (Wildman–Crippen MR) is 67.3 cm³/mol. The highest BCUT2D eigenvalue weighted by Crippen LogP contribution is 2.21. The highest BCUT2D eigenvalue weighted by Gasteiger charge is 2.30. The van der Waals surface area contributed by atoms with Gasteiger partial charge in [-0.15, -0.1) is 0 Å². The number of amides is 3. The lowest BCUT2D eigenvalue weighted by Gasteiger charge is -2.22. The SMILES string of the molecule is CNC(=O)Oc1ccc([C@](C)(N)C(=O)NC=O)cc1. The zero-order valence-electron chi connectivity index (χ0n) is 10.6. The van der Waals surface area contributed by atoms with E-state index in [1.54, 1.807) is 12.1 Å². The van der Waals surface area contributed by atoms with Crippen LogP contribution < -0.4 is 21.1 Å². The van der Waals surface area contributed by atoms with Crippen LogP contribution in [0.15, 0.2) is 24.3 Å². The molecular formula is C12H15N3O4. The highest BCUT2D eigenvalue weighted by molar-refractivity contribution is 5.93. The van der Waals surface area contributed by atoms with Crippen LogP contribution >= 0.6 is 0 Å². The third-order valence-corrected chi connectivity index (χ3v) is 2.53. The van der Waals surface area contributed by atoms with Crippen molar-refractivity contribution < 1.29 is 19.1 Å². The van der Waals surface area contributed by atoms with E-state index in [2.05, 4.69) is 5.32 Å². The van der Waals surface area contributed by atoms with Crippen LogP contribution in [0.3, 0.4) is 0 Å². The Bertz CT molecular complexity index is 482. The maximum Gasteiger partial charge on any atom is 0.412 e. The van der Waals surface area contributed by atoms with Crippen LogP contribution in [0.5, 0.6) is 5.75 Å². The Kier molecular flexibility index (Phi) is 4.60. The number of nitrogens with one attached hydrogen (secondary N) is 2. The molecular weight excluding hydrogens is 250 g/mol. The summed E-state index contributed by atoms with van der Waals surface area (Å²) in [7, 11) is 1.44. The molecule has 4 N–H and O–H groups in total. The highest BCUT2D eigenvalue weighted by atomic mass is 16.5. The van der Waals surface area contributed by atoms with E-state index < -0.39 is 17.5 Å². The topological polar surface area (TPSA) is 111 Å². The number of nitrogens with two attached hydrogens (primary N) is 1. The molecule has 1 atom stereocenters. The molecule has 3 amide bonds. The first kappa shape index (κ1) is 14.7. The summed E-state index contributed by atoms with van der Waals surface area (Å²) in [6.07, 6.45) is -0.321. The Hall–Kier alpha value is -2.41. The number of hydrogen-bond donors (Lipinski definition) is 3. The minimum atomic E-state index is -1.35. The molecule has 7 heteroatoms. The number of imide groups is 1. The largest absolute Gasteiger partial charge is 0.412 e. The quantitative estimate of drug-likeness (QED) is 0.656. The molecule has 19 heavy (non-hydrogen) atoms. The van der Waals surface area contributed by atoms with Gasteiger partial charge in [-0.1, -0.05) is 12.1 Å². The van der Waals surface area contributed by atoms with Crippen molar-refractivity contribution in [2.24, 2.45) is 5.73 Å². The van der Waals surface area contributed by atoms with Gasteiger partial charge in [0.05, 0.1) is 0 Å². The van der Waals surface area contributed by atoms with Crippen LogP contribution in [0.1, 0.15) is 12.5 Å². The summed E-state index contributed by atoms with van der Waals surface area (Å²) in [6, 6.07) is 6.10.